The summed E-state index contributed by atoms with van der Waals surface area (Å²) in [5.74, 6) is 0.379. The molecule has 2 aromatic heterocycles. The molecule has 2 aromatic rings. The Morgan fingerprint density at radius 2 is 1.97 bits per heavy atom. The zero-order valence-electron chi connectivity index (χ0n) is 17.1. The molecule has 31 heavy (non-hydrogen) atoms. The van der Waals surface area contributed by atoms with Crippen molar-refractivity contribution in [2.45, 2.75) is 44.2 Å². The van der Waals surface area contributed by atoms with Crippen molar-refractivity contribution in [1.29, 1.82) is 0 Å². The number of hydrogen-bond donors (Lipinski definition) is 1. The van der Waals surface area contributed by atoms with E-state index in [4.69, 9.17) is 4.74 Å². The first-order valence-electron chi connectivity index (χ1n) is 10.3. The molecule has 4 heterocycles. The standard InChI is InChI=1S/C20H25F3N4O3S/c1-13-11-27(12-15(30-13)9-25-14-4-7-31(28,29)8-5-14)17-10-26-19(20(21,22)23)18-16(17)3-2-6-24-18/h2-3,6,10,13-15,25H,4-5,7-9,11-12H2,1H3/t13-,15?/m1/s1. The summed E-state index contributed by atoms with van der Waals surface area (Å²) < 4.78 is 69.3. The molecule has 1 unspecified atom stereocenters. The molecular formula is C20H25F3N4O3S. The van der Waals surface area contributed by atoms with E-state index in [0.717, 1.165) is 0 Å². The first-order chi connectivity index (χ1) is 14.6. The van der Waals surface area contributed by atoms with Crippen LogP contribution >= 0.6 is 0 Å². The van der Waals surface area contributed by atoms with E-state index in [1.807, 2.05) is 11.8 Å². The Kier molecular flexibility index (Phi) is 6.10. The molecule has 2 aliphatic rings. The number of alkyl halides is 3. The Morgan fingerprint density at radius 3 is 2.68 bits per heavy atom. The maximum absolute atomic E-state index is 13.4. The van der Waals surface area contributed by atoms with Crippen LogP contribution in [0.25, 0.3) is 10.9 Å². The van der Waals surface area contributed by atoms with E-state index in [-0.39, 0.29) is 35.3 Å². The maximum Gasteiger partial charge on any atom is 0.435 e. The summed E-state index contributed by atoms with van der Waals surface area (Å²) in [7, 11) is -2.92. The number of sulfone groups is 1. The van der Waals surface area contributed by atoms with Crippen LogP contribution in [0.4, 0.5) is 18.9 Å². The zero-order valence-corrected chi connectivity index (χ0v) is 17.9. The molecule has 2 atom stereocenters. The van der Waals surface area contributed by atoms with Crippen molar-refractivity contribution in [3.63, 3.8) is 0 Å². The topological polar surface area (TPSA) is 84.4 Å². The Morgan fingerprint density at radius 1 is 1.23 bits per heavy atom. The number of morpholine rings is 1. The first-order valence-corrected chi connectivity index (χ1v) is 12.1. The van der Waals surface area contributed by atoms with E-state index in [1.54, 1.807) is 12.1 Å². The van der Waals surface area contributed by atoms with Crippen molar-refractivity contribution in [3.05, 3.63) is 30.2 Å². The summed E-state index contributed by atoms with van der Waals surface area (Å²) in [6.07, 6.45) is -1.13. The molecule has 0 saturated carbocycles. The molecule has 2 fully saturated rings. The van der Waals surface area contributed by atoms with Crippen LogP contribution in [0.15, 0.2) is 24.5 Å². The highest BCUT2D eigenvalue weighted by atomic mass is 32.2. The molecular weight excluding hydrogens is 433 g/mol. The molecule has 0 aliphatic carbocycles. The molecule has 0 amide bonds. The number of aromatic nitrogens is 2. The number of fused-ring (bicyclic) bond motifs is 1. The zero-order chi connectivity index (χ0) is 22.2. The number of pyridine rings is 2. The highest BCUT2D eigenvalue weighted by molar-refractivity contribution is 7.91. The second-order valence-corrected chi connectivity index (χ2v) is 10.5. The summed E-state index contributed by atoms with van der Waals surface area (Å²) in [5, 5.41) is 3.80. The molecule has 7 nitrogen and oxygen atoms in total. The van der Waals surface area contributed by atoms with Gasteiger partial charge in [0.2, 0.25) is 0 Å². The van der Waals surface area contributed by atoms with Gasteiger partial charge in [-0.25, -0.2) is 13.4 Å². The van der Waals surface area contributed by atoms with E-state index in [2.05, 4.69) is 15.3 Å². The van der Waals surface area contributed by atoms with Gasteiger partial charge in [0.15, 0.2) is 5.69 Å². The quantitative estimate of drug-likeness (QED) is 0.753. The van der Waals surface area contributed by atoms with Crippen LogP contribution in [0.1, 0.15) is 25.5 Å². The minimum absolute atomic E-state index is 0.121. The van der Waals surface area contributed by atoms with Crippen molar-refractivity contribution < 1.29 is 26.3 Å². The first kappa shape index (κ1) is 22.2. The van der Waals surface area contributed by atoms with Crippen molar-refractivity contribution >= 4 is 26.4 Å². The van der Waals surface area contributed by atoms with Gasteiger partial charge in [-0.1, -0.05) is 0 Å². The van der Waals surface area contributed by atoms with Gasteiger partial charge < -0.3 is 15.0 Å². The fourth-order valence-corrected chi connectivity index (χ4v) is 5.75. The maximum atomic E-state index is 13.4. The van der Waals surface area contributed by atoms with Gasteiger partial charge in [-0.2, -0.15) is 13.2 Å². The van der Waals surface area contributed by atoms with Crippen LogP contribution < -0.4 is 10.2 Å². The van der Waals surface area contributed by atoms with Crippen LogP contribution in [-0.2, 0) is 20.8 Å². The van der Waals surface area contributed by atoms with Crippen LogP contribution in [-0.4, -0.2) is 67.8 Å². The fraction of sp³-hybridized carbons (Fsp3) is 0.600. The summed E-state index contributed by atoms with van der Waals surface area (Å²) in [5.41, 5.74) is -0.552. The van der Waals surface area contributed by atoms with Crippen molar-refractivity contribution in [1.82, 2.24) is 15.3 Å². The van der Waals surface area contributed by atoms with E-state index in [1.165, 1.54) is 12.4 Å². The molecule has 2 saturated heterocycles. The van der Waals surface area contributed by atoms with Gasteiger partial charge >= 0.3 is 6.18 Å². The molecule has 0 aromatic carbocycles. The predicted octanol–water partition coefficient (Wildman–Crippen LogP) is 2.41. The van der Waals surface area contributed by atoms with Gasteiger partial charge in [-0.15, -0.1) is 0 Å². The lowest BCUT2D eigenvalue weighted by Gasteiger charge is -2.39. The van der Waals surface area contributed by atoms with E-state index >= 15 is 0 Å². The molecule has 170 valence electrons. The molecule has 0 radical (unpaired) electrons. The van der Waals surface area contributed by atoms with Gasteiger partial charge in [-0.3, -0.25) is 4.98 Å². The van der Waals surface area contributed by atoms with Gasteiger partial charge in [0.25, 0.3) is 0 Å². The Balaban J connectivity index is 1.50. The average Bonchev–Trinajstić information content (AvgIpc) is 2.71. The van der Waals surface area contributed by atoms with E-state index < -0.39 is 21.7 Å². The SMILES string of the molecule is C[C@@H]1CN(c2cnc(C(F)(F)F)c3ncccc23)CC(CNC2CCS(=O)(=O)CC2)O1. The largest absolute Gasteiger partial charge is 0.435 e. The third-order valence-corrected chi connectivity index (χ3v) is 7.46. The van der Waals surface area contributed by atoms with Gasteiger partial charge in [0.1, 0.15) is 15.4 Å². The van der Waals surface area contributed by atoms with E-state index in [9.17, 15) is 21.6 Å². The third-order valence-electron chi connectivity index (χ3n) is 5.75. The number of rotatable bonds is 4. The normalized spacial score (nSPS) is 25.1. The Labute approximate surface area is 178 Å². The van der Waals surface area contributed by atoms with Crippen molar-refractivity contribution in [2.75, 3.05) is 36.0 Å². The number of nitrogens with one attached hydrogen (secondary N) is 1. The lowest BCUT2D eigenvalue weighted by molar-refractivity contribution is -0.139. The van der Waals surface area contributed by atoms with Gasteiger partial charge in [0.05, 0.1) is 35.6 Å². The van der Waals surface area contributed by atoms with Crippen LogP contribution in [0, 0.1) is 0 Å². The summed E-state index contributed by atoms with van der Waals surface area (Å²) in [6, 6.07) is 3.37. The second-order valence-electron chi connectivity index (χ2n) is 8.20. The van der Waals surface area contributed by atoms with Crippen LogP contribution in [0.5, 0.6) is 0 Å². The van der Waals surface area contributed by atoms with Crippen molar-refractivity contribution in [3.8, 4) is 0 Å². The smallest absolute Gasteiger partial charge is 0.370 e. The molecule has 0 bridgehead atoms. The minimum Gasteiger partial charge on any atom is -0.370 e. The average molecular weight is 459 g/mol. The number of anilines is 1. The third kappa shape index (κ3) is 5.09. The number of nitrogens with zero attached hydrogens (tertiary/aromatic N) is 3. The lowest BCUT2D eigenvalue weighted by Crippen LogP contribution is -2.52. The highest BCUT2D eigenvalue weighted by Gasteiger charge is 2.37. The highest BCUT2D eigenvalue weighted by Crippen LogP contribution is 2.36. The molecule has 0 spiro atoms. The van der Waals surface area contributed by atoms with Crippen LogP contribution in [0.2, 0.25) is 0 Å². The van der Waals surface area contributed by atoms with Crippen LogP contribution in [0.3, 0.4) is 0 Å². The second kappa shape index (κ2) is 8.51. The van der Waals surface area contributed by atoms with Crippen molar-refractivity contribution in [2.24, 2.45) is 0 Å². The molecule has 11 heteroatoms. The van der Waals surface area contributed by atoms with E-state index in [0.29, 0.717) is 43.5 Å². The molecule has 1 N–H and O–H groups in total. The monoisotopic (exact) mass is 458 g/mol. The number of halogens is 3. The minimum atomic E-state index is -4.58. The fourth-order valence-electron chi connectivity index (χ4n) is 4.26. The molecule has 2 aliphatic heterocycles. The van der Waals surface area contributed by atoms with Gasteiger partial charge in [0, 0.05) is 37.3 Å². The summed E-state index contributed by atoms with van der Waals surface area (Å²) >= 11 is 0. The van der Waals surface area contributed by atoms with Gasteiger partial charge in [-0.05, 0) is 31.9 Å². The number of ether oxygens (including phenoxy) is 1. The Bertz CT molecular complexity index is 1030. The Hall–Kier alpha value is -1.98. The molecule has 4 rings (SSSR count). The summed E-state index contributed by atoms with van der Waals surface area (Å²) in [4.78, 5) is 9.63. The lowest BCUT2D eigenvalue weighted by atomic mass is 10.1. The number of hydrogen-bond acceptors (Lipinski definition) is 7. The predicted molar refractivity (Wildman–Crippen MR) is 111 cm³/mol. The summed E-state index contributed by atoms with van der Waals surface area (Å²) in [6.45, 7) is 3.47.